The standard InChI is InChI=1S/C25H25N6O3P/c1-15-18(12-26)5-4-6-19(15)16(2)28-25-20-11-21(35(32)9-7-31(13-27)8-10-35)23-24(34-14-33-23)22(20)29-17(3)30-25/h4-6,11,16H,7-10,14H2,1-3H3,(H,28,29,30)/t16-/m1/s1. The Balaban J connectivity index is 1.62. The summed E-state index contributed by atoms with van der Waals surface area (Å²) in [6.45, 7) is 6.69. The Bertz CT molecular complexity index is 1460. The lowest BCUT2D eigenvalue weighted by atomic mass is 9.98. The highest BCUT2D eigenvalue weighted by atomic mass is 31.2. The minimum Gasteiger partial charge on any atom is -0.453 e. The summed E-state index contributed by atoms with van der Waals surface area (Å²) in [5.74, 6) is 2.14. The van der Waals surface area contributed by atoms with Gasteiger partial charge in [-0.2, -0.15) is 10.5 Å². The highest BCUT2D eigenvalue weighted by molar-refractivity contribution is 7.72. The van der Waals surface area contributed by atoms with E-state index in [4.69, 9.17) is 9.47 Å². The fourth-order valence-corrected chi connectivity index (χ4v) is 7.54. The van der Waals surface area contributed by atoms with Crippen LogP contribution in [0.4, 0.5) is 5.82 Å². The molecule has 1 N–H and O–H groups in total. The number of benzene rings is 2. The molecule has 2 aromatic carbocycles. The SMILES string of the molecule is Cc1nc(N[C@H](C)c2cccc(C#N)c2C)c2cc(P3(=O)CCN(C#N)CC3)c3c(c2n1)OCO3. The van der Waals surface area contributed by atoms with Gasteiger partial charge in [0.25, 0.3) is 0 Å². The lowest BCUT2D eigenvalue weighted by Crippen LogP contribution is -2.34. The van der Waals surface area contributed by atoms with Gasteiger partial charge in [-0.3, -0.25) is 0 Å². The second kappa shape index (κ2) is 8.76. The summed E-state index contributed by atoms with van der Waals surface area (Å²) in [5.41, 5.74) is 3.14. The molecule has 1 aromatic heterocycles. The van der Waals surface area contributed by atoms with Crippen molar-refractivity contribution in [1.29, 1.82) is 10.5 Å². The van der Waals surface area contributed by atoms with Gasteiger partial charge in [-0.05, 0) is 44.0 Å². The molecule has 10 heteroatoms. The number of anilines is 1. The van der Waals surface area contributed by atoms with Crippen molar-refractivity contribution >= 4 is 29.2 Å². The van der Waals surface area contributed by atoms with Crippen molar-refractivity contribution in [1.82, 2.24) is 14.9 Å². The summed E-state index contributed by atoms with van der Waals surface area (Å²) in [5, 5.41) is 23.5. The van der Waals surface area contributed by atoms with Crippen molar-refractivity contribution < 1.29 is 14.0 Å². The maximum Gasteiger partial charge on any atom is 0.231 e. The summed E-state index contributed by atoms with van der Waals surface area (Å²) in [6, 6.07) is 9.63. The molecule has 178 valence electrons. The first-order valence-electron chi connectivity index (χ1n) is 11.4. The summed E-state index contributed by atoms with van der Waals surface area (Å²) in [4.78, 5) is 10.9. The first-order chi connectivity index (χ1) is 16.8. The van der Waals surface area contributed by atoms with Crippen molar-refractivity contribution in [3.63, 3.8) is 0 Å². The van der Waals surface area contributed by atoms with Crippen molar-refractivity contribution in [2.24, 2.45) is 0 Å². The van der Waals surface area contributed by atoms with Gasteiger partial charge in [0.15, 0.2) is 17.7 Å². The van der Waals surface area contributed by atoms with E-state index in [1.54, 1.807) is 11.0 Å². The van der Waals surface area contributed by atoms with Gasteiger partial charge in [0.05, 0.1) is 23.0 Å². The molecule has 1 saturated heterocycles. The Hall–Kier alpha value is -3.81. The number of nitrogens with zero attached hydrogens (tertiary/aromatic N) is 5. The molecular formula is C25H25N6O3P. The number of aryl methyl sites for hydroxylation is 1. The lowest BCUT2D eigenvalue weighted by Gasteiger charge is -2.29. The number of fused-ring (bicyclic) bond motifs is 3. The molecule has 0 spiro atoms. The summed E-state index contributed by atoms with van der Waals surface area (Å²) in [7, 11) is -2.82. The molecular weight excluding hydrogens is 463 g/mol. The molecule has 1 fully saturated rings. The van der Waals surface area contributed by atoms with E-state index in [-0.39, 0.29) is 12.8 Å². The molecule has 1 atom stereocenters. The van der Waals surface area contributed by atoms with Gasteiger partial charge in [0, 0.05) is 30.8 Å². The van der Waals surface area contributed by atoms with E-state index in [1.165, 1.54) is 0 Å². The van der Waals surface area contributed by atoms with Crippen LogP contribution >= 0.6 is 7.14 Å². The van der Waals surface area contributed by atoms with Gasteiger partial charge in [-0.15, -0.1) is 0 Å². The van der Waals surface area contributed by atoms with Crippen LogP contribution in [0.15, 0.2) is 24.3 Å². The zero-order valence-electron chi connectivity index (χ0n) is 19.8. The summed E-state index contributed by atoms with van der Waals surface area (Å²) < 4.78 is 25.7. The maximum absolute atomic E-state index is 14.1. The maximum atomic E-state index is 14.1. The number of hydrogen-bond donors (Lipinski definition) is 1. The van der Waals surface area contributed by atoms with Crippen LogP contribution in [-0.2, 0) is 4.57 Å². The van der Waals surface area contributed by atoms with Crippen LogP contribution in [0.5, 0.6) is 11.5 Å². The molecule has 9 nitrogen and oxygen atoms in total. The predicted octanol–water partition coefficient (Wildman–Crippen LogP) is 3.81. The molecule has 0 bridgehead atoms. The van der Waals surface area contributed by atoms with Crippen molar-refractivity contribution in [2.75, 3.05) is 37.5 Å². The number of hydrogen-bond acceptors (Lipinski definition) is 9. The Kier molecular flexibility index (Phi) is 5.75. The summed E-state index contributed by atoms with van der Waals surface area (Å²) >= 11 is 0. The molecule has 35 heavy (non-hydrogen) atoms. The molecule has 0 unspecified atom stereocenters. The molecule has 3 aromatic rings. The third kappa shape index (κ3) is 3.92. The molecule has 0 amide bonds. The zero-order valence-corrected chi connectivity index (χ0v) is 20.7. The van der Waals surface area contributed by atoms with Crippen molar-refractivity contribution in [3.05, 3.63) is 46.8 Å². The predicted molar refractivity (Wildman–Crippen MR) is 132 cm³/mol. The number of nitrogens with one attached hydrogen (secondary N) is 1. The normalized spacial score (nSPS) is 17.0. The minimum atomic E-state index is -2.82. The van der Waals surface area contributed by atoms with Crippen LogP contribution in [0, 0.1) is 36.6 Å². The number of rotatable bonds is 4. The highest BCUT2D eigenvalue weighted by Crippen LogP contribution is 2.53. The fraction of sp³-hybridized carbons (Fsp3) is 0.360. The van der Waals surface area contributed by atoms with Crippen LogP contribution in [0.1, 0.15) is 35.5 Å². The van der Waals surface area contributed by atoms with Crippen LogP contribution in [0.25, 0.3) is 10.9 Å². The van der Waals surface area contributed by atoms with E-state index in [2.05, 4.69) is 27.5 Å². The quantitative estimate of drug-likeness (QED) is 0.431. The van der Waals surface area contributed by atoms with Crippen LogP contribution < -0.4 is 20.1 Å². The van der Waals surface area contributed by atoms with Crippen molar-refractivity contribution in [3.8, 4) is 23.8 Å². The molecule has 0 saturated carbocycles. The lowest BCUT2D eigenvalue weighted by molar-refractivity contribution is 0.175. The first-order valence-corrected chi connectivity index (χ1v) is 13.5. The van der Waals surface area contributed by atoms with E-state index in [0.29, 0.717) is 70.3 Å². The Labute approximate surface area is 203 Å². The van der Waals surface area contributed by atoms with Gasteiger partial charge >= 0.3 is 0 Å². The van der Waals surface area contributed by atoms with E-state index < -0.39 is 7.14 Å². The molecule has 5 rings (SSSR count). The molecule has 0 radical (unpaired) electrons. The van der Waals surface area contributed by atoms with Gasteiger partial charge in [0.2, 0.25) is 6.79 Å². The topological polar surface area (TPSA) is 124 Å². The monoisotopic (exact) mass is 488 g/mol. The Morgan fingerprint density at radius 3 is 2.60 bits per heavy atom. The summed E-state index contributed by atoms with van der Waals surface area (Å²) in [6.07, 6.45) is 2.94. The largest absolute Gasteiger partial charge is 0.453 e. The van der Waals surface area contributed by atoms with Gasteiger partial charge in [-0.25, -0.2) is 9.97 Å². The van der Waals surface area contributed by atoms with E-state index in [9.17, 15) is 15.1 Å². The average Bonchev–Trinajstić information content (AvgIpc) is 3.34. The van der Waals surface area contributed by atoms with Gasteiger partial charge in [0.1, 0.15) is 24.3 Å². The highest BCUT2D eigenvalue weighted by Gasteiger charge is 2.37. The molecule has 0 aliphatic carbocycles. The van der Waals surface area contributed by atoms with E-state index in [0.717, 1.165) is 11.1 Å². The number of aromatic nitrogens is 2. The second-order valence-corrected chi connectivity index (χ2v) is 12.1. The molecule has 2 aliphatic heterocycles. The van der Waals surface area contributed by atoms with E-state index >= 15 is 0 Å². The van der Waals surface area contributed by atoms with Gasteiger partial charge in [-0.1, -0.05) is 12.1 Å². The van der Waals surface area contributed by atoms with Gasteiger partial charge < -0.3 is 24.3 Å². The smallest absolute Gasteiger partial charge is 0.231 e. The first kappa shape index (κ1) is 23.0. The molecule has 2 aliphatic rings. The van der Waals surface area contributed by atoms with Crippen LogP contribution in [-0.4, -0.2) is 47.1 Å². The fourth-order valence-electron chi connectivity index (χ4n) is 4.81. The van der Waals surface area contributed by atoms with Crippen LogP contribution in [0.3, 0.4) is 0 Å². The number of ether oxygens (including phenoxy) is 2. The third-order valence-electron chi connectivity index (χ3n) is 6.76. The second-order valence-electron chi connectivity index (χ2n) is 8.90. The zero-order chi connectivity index (χ0) is 24.7. The average molecular weight is 488 g/mol. The number of nitriles is 2. The van der Waals surface area contributed by atoms with E-state index in [1.807, 2.05) is 39.0 Å². The van der Waals surface area contributed by atoms with Crippen molar-refractivity contribution in [2.45, 2.75) is 26.8 Å². The Morgan fingerprint density at radius 1 is 1.14 bits per heavy atom. The Morgan fingerprint density at radius 2 is 1.89 bits per heavy atom. The third-order valence-corrected chi connectivity index (χ3v) is 9.81. The minimum absolute atomic E-state index is 0.0358. The van der Waals surface area contributed by atoms with Crippen LogP contribution in [0.2, 0.25) is 0 Å². The molecule has 3 heterocycles.